The van der Waals surface area contributed by atoms with Crippen LogP contribution in [0.1, 0.15) is 46.5 Å². The van der Waals surface area contributed by atoms with Crippen molar-refractivity contribution in [1.82, 2.24) is 0 Å². The minimum absolute atomic E-state index is 0.310. The van der Waals surface area contributed by atoms with Crippen LogP contribution in [0.4, 0.5) is 0 Å². The van der Waals surface area contributed by atoms with E-state index in [2.05, 4.69) is 27.4 Å². The van der Waals surface area contributed by atoms with Crippen molar-refractivity contribution in [3.05, 3.63) is 23.8 Å². The van der Waals surface area contributed by atoms with Gasteiger partial charge in [0.15, 0.2) is 0 Å². The lowest BCUT2D eigenvalue weighted by Gasteiger charge is -2.53. The highest BCUT2D eigenvalue weighted by Gasteiger charge is 2.47. The van der Waals surface area contributed by atoms with Gasteiger partial charge in [0.1, 0.15) is 0 Å². The molecular formula is C15H24O. The average molecular weight is 220 g/mol. The number of hydrogen-bond donors (Lipinski definition) is 1. The Morgan fingerprint density at radius 2 is 2.12 bits per heavy atom. The third-order valence-electron chi connectivity index (χ3n) is 4.56. The molecule has 0 spiro atoms. The van der Waals surface area contributed by atoms with E-state index in [0.29, 0.717) is 11.3 Å². The zero-order valence-corrected chi connectivity index (χ0v) is 10.8. The lowest BCUT2D eigenvalue weighted by atomic mass is 9.52. The molecule has 2 aliphatic rings. The lowest BCUT2D eigenvalue weighted by Crippen LogP contribution is -2.44. The molecule has 0 heterocycles. The Balaban J connectivity index is 2.16. The van der Waals surface area contributed by atoms with Gasteiger partial charge in [-0.3, -0.25) is 0 Å². The second-order valence-electron chi connectivity index (χ2n) is 6.39. The fourth-order valence-corrected chi connectivity index (χ4v) is 3.54. The van der Waals surface area contributed by atoms with Crippen molar-refractivity contribution in [1.29, 1.82) is 0 Å². The molecule has 0 aromatic carbocycles. The number of allylic oxidation sites excluding steroid dienone is 1. The molecule has 0 aromatic rings. The van der Waals surface area contributed by atoms with Crippen LogP contribution in [-0.4, -0.2) is 11.2 Å². The Morgan fingerprint density at radius 1 is 1.44 bits per heavy atom. The lowest BCUT2D eigenvalue weighted by molar-refractivity contribution is 0.00210. The summed E-state index contributed by atoms with van der Waals surface area (Å²) in [6, 6.07) is 0. The number of hydrogen-bond acceptors (Lipinski definition) is 1. The van der Waals surface area contributed by atoms with Crippen LogP contribution in [0.15, 0.2) is 23.8 Å². The van der Waals surface area contributed by atoms with E-state index in [9.17, 15) is 5.11 Å². The van der Waals surface area contributed by atoms with Gasteiger partial charge in [-0.25, -0.2) is 0 Å². The fourth-order valence-electron chi connectivity index (χ4n) is 3.54. The van der Waals surface area contributed by atoms with Crippen LogP contribution in [0, 0.1) is 17.3 Å². The minimum atomic E-state index is -0.310. The predicted octanol–water partition coefficient (Wildman–Crippen LogP) is 3.70. The second-order valence-corrected chi connectivity index (χ2v) is 6.39. The normalized spacial score (nSPS) is 41.9. The van der Waals surface area contributed by atoms with E-state index in [1.54, 1.807) is 0 Å². The van der Waals surface area contributed by atoms with Crippen LogP contribution in [0.25, 0.3) is 0 Å². The first-order valence-electron chi connectivity index (χ1n) is 6.43. The standard InChI is InChI=1S/C15H24O/c1-10-5-6-14-13(9-15(14,3)4)11(2)8-12(16)7-10/h7,12-14,16H,2,5-6,8-9H2,1,3-4H3/b10-7+/t12?,13-,14-/m1/s1. The molecule has 1 nitrogen and oxygen atoms in total. The van der Waals surface area contributed by atoms with E-state index >= 15 is 0 Å². The molecule has 0 aromatic heterocycles. The summed E-state index contributed by atoms with van der Waals surface area (Å²) in [5.41, 5.74) is 3.08. The molecule has 2 aliphatic carbocycles. The van der Waals surface area contributed by atoms with Crippen molar-refractivity contribution >= 4 is 0 Å². The van der Waals surface area contributed by atoms with Gasteiger partial charge in [0, 0.05) is 0 Å². The van der Waals surface area contributed by atoms with Gasteiger partial charge in [0.25, 0.3) is 0 Å². The maximum Gasteiger partial charge on any atom is 0.0760 e. The Labute approximate surface area is 99.3 Å². The van der Waals surface area contributed by atoms with E-state index in [0.717, 1.165) is 18.8 Å². The van der Waals surface area contributed by atoms with Crippen LogP contribution >= 0.6 is 0 Å². The van der Waals surface area contributed by atoms with E-state index in [1.165, 1.54) is 24.0 Å². The average Bonchev–Trinajstić information content (AvgIpc) is 2.16. The first-order chi connectivity index (χ1) is 7.40. The number of fused-ring (bicyclic) bond motifs is 1. The third kappa shape index (κ3) is 2.10. The molecule has 0 aliphatic heterocycles. The summed E-state index contributed by atoms with van der Waals surface area (Å²) in [4.78, 5) is 0. The van der Waals surface area contributed by atoms with Crippen molar-refractivity contribution in [2.75, 3.05) is 0 Å². The summed E-state index contributed by atoms with van der Waals surface area (Å²) in [6.07, 6.45) is 6.11. The van der Waals surface area contributed by atoms with Crippen LogP contribution in [0.3, 0.4) is 0 Å². The highest BCUT2D eigenvalue weighted by atomic mass is 16.3. The Kier molecular flexibility index (Phi) is 3.00. The molecule has 0 saturated heterocycles. The van der Waals surface area contributed by atoms with E-state index in [1.807, 2.05) is 6.08 Å². The van der Waals surface area contributed by atoms with Crippen LogP contribution in [0.5, 0.6) is 0 Å². The number of aliphatic hydroxyl groups excluding tert-OH is 1. The summed E-state index contributed by atoms with van der Waals surface area (Å²) in [5.74, 6) is 1.43. The minimum Gasteiger partial charge on any atom is -0.389 e. The summed E-state index contributed by atoms with van der Waals surface area (Å²) in [7, 11) is 0. The van der Waals surface area contributed by atoms with Gasteiger partial charge < -0.3 is 5.11 Å². The second kappa shape index (κ2) is 4.03. The molecule has 2 rings (SSSR count). The quantitative estimate of drug-likeness (QED) is 0.617. The molecular weight excluding hydrogens is 196 g/mol. The highest BCUT2D eigenvalue weighted by molar-refractivity contribution is 5.18. The predicted molar refractivity (Wildman–Crippen MR) is 68.1 cm³/mol. The molecule has 16 heavy (non-hydrogen) atoms. The van der Waals surface area contributed by atoms with Crippen molar-refractivity contribution < 1.29 is 5.11 Å². The molecule has 0 amide bonds. The topological polar surface area (TPSA) is 20.2 Å². The van der Waals surface area contributed by atoms with Gasteiger partial charge in [-0.05, 0) is 49.9 Å². The van der Waals surface area contributed by atoms with Gasteiger partial charge in [0.2, 0.25) is 0 Å². The molecule has 0 radical (unpaired) electrons. The van der Waals surface area contributed by atoms with Crippen molar-refractivity contribution in [2.24, 2.45) is 17.3 Å². The van der Waals surface area contributed by atoms with E-state index in [4.69, 9.17) is 0 Å². The molecule has 0 bridgehead atoms. The summed E-state index contributed by atoms with van der Waals surface area (Å²) in [5, 5.41) is 9.90. The van der Waals surface area contributed by atoms with Crippen molar-refractivity contribution in [2.45, 2.75) is 52.6 Å². The number of rotatable bonds is 0. The molecule has 1 saturated carbocycles. The maximum absolute atomic E-state index is 9.90. The van der Waals surface area contributed by atoms with E-state index in [-0.39, 0.29) is 6.10 Å². The maximum atomic E-state index is 9.90. The van der Waals surface area contributed by atoms with Gasteiger partial charge in [-0.15, -0.1) is 0 Å². The SMILES string of the molecule is C=C1CC(O)/C=C(\C)CC[C@@H]2[C@@H]1CC2(C)C. The third-order valence-corrected chi connectivity index (χ3v) is 4.56. The van der Waals surface area contributed by atoms with Crippen LogP contribution < -0.4 is 0 Å². The smallest absolute Gasteiger partial charge is 0.0760 e. The Hall–Kier alpha value is -0.560. The van der Waals surface area contributed by atoms with Gasteiger partial charge in [0.05, 0.1) is 6.10 Å². The summed E-state index contributed by atoms with van der Waals surface area (Å²) >= 11 is 0. The monoisotopic (exact) mass is 220 g/mol. The molecule has 1 fully saturated rings. The van der Waals surface area contributed by atoms with Crippen LogP contribution in [0.2, 0.25) is 0 Å². The molecule has 1 heteroatoms. The van der Waals surface area contributed by atoms with Crippen molar-refractivity contribution in [3.8, 4) is 0 Å². The molecule has 1 N–H and O–H groups in total. The van der Waals surface area contributed by atoms with E-state index < -0.39 is 0 Å². The first-order valence-corrected chi connectivity index (χ1v) is 6.43. The largest absolute Gasteiger partial charge is 0.389 e. The van der Waals surface area contributed by atoms with Gasteiger partial charge >= 0.3 is 0 Å². The zero-order valence-electron chi connectivity index (χ0n) is 10.8. The summed E-state index contributed by atoms with van der Waals surface area (Å²) in [6.45, 7) is 11.1. The zero-order chi connectivity index (χ0) is 11.9. The Bertz CT molecular complexity index is 324. The van der Waals surface area contributed by atoms with Gasteiger partial charge in [-0.1, -0.05) is 37.6 Å². The molecule has 1 unspecified atom stereocenters. The molecule has 3 atom stereocenters. The Morgan fingerprint density at radius 3 is 2.75 bits per heavy atom. The van der Waals surface area contributed by atoms with Crippen molar-refractivity contribution in [3.63, 3.8) is 0 Å². The first kappa shape index (κ1) is 11.9. The van der Waals surface area contributed by atoms with Gasteiger partial charge in [-0.2, -0.15) is 0 Å². The summed E-state index contributed by atoms with van der Waals surface area (Å²) < 4.78 is 0. The highest BCUT2D eigenvalue weighted by Crippen LogP contribution is 2.56. The fraction of sp³-hybridized carbons (Fsp3) is 0.733. The van der Waals surface area contributed by atoms with Crippen LogP contribution in [-0.2, 0) is 0 Å². The molecule has 90 valence electrons. The number of aliphatic hydroxyl groups is 1.